The molecule has 0 spiro atoms. The van der Waals surface area contributed by atoms with Gasteiger partial charge in [0.1, 0.15) is 5.75 Å². The van der Waals surface area contributed by atoms with Crippen LogP contribution in [0, 0.1) is 20.8 Å². The maximum Gasteiger partial charge on any atom is 0.219 e. The third-order valence-electron chi connectivity index (χ3n) is 3.61. The van der Waals surface area contributed by atoms with Crippen LogP contribution in [0.15, 0.2) is 30.3 Å². The molecule has 1 aromatic carbocycles. The molecule has 0 fully saturated rings. The smallest absolute Gasteiger partial charge is 0.219 e. The highest BCUT2D eigenvalue weighted by Crippen LogP contribution is 2.23. The first-order chi connectivity index (χ1) is 10.1. The van der Waals surface area contributed by atoms with Gasteiger partial charge < -0.3 is 10.1 Å². The molecule has 21 heavy (non-hydrogen) atoms. The number of hydrogen-bond acceptors (Lipinski definition) is 3. The summed E-state index contributed by atoms with van der Waals surface area (Å²) in [6, 6.07) is 10.1. The molecule has 0 aliphatic heterocycles. The molecule has 0 aliphatic carbocycles. The van der Waals surface area contributed by atoms with Crippen molar-refractivity contribution in [2.45, 2.75) is 40.7 Å². The van der Waals surface area contributed by atoms with E-state index >= 15 is 0 Å². The van der Waals surface area contributed by atoms with Crippen molar-refractivity contribution in [2.24, 2.45) is 0 Å². The van der Waals surface area contributed by atoms with E-state index in [0.29, 0.717) is 5.88 Å². The van der Waals surface area contributed by atoms with Gasteiger partial charge >= 0.3 is 0 Å². The molecule has 0 saturated heterocycles. The number of nitrogens with one attached hydrogen (secondary N) is 1. The number of aryl methyl sites for hydroxylation is 3. The summed E-state index contributed by atoms with van der Waals surface area (Å²) in [6.07, 6.45) is 1.14. The van der Waals surface area contributed by atoms with Crippen molar-refractivity contribution in [3.05, 3.63) is 52.7 Å². The normalized spacial score (nSPS) is 10.7. The minimum absolute atomic E-state index is 0.648. The van der Waals surface area contributed by atoms with Crippen LogP contribution in [0.4, 0.5) is 0 Å². The highest BCUT2D eigenvalue weighted by Gasteiger charge is 2.04. The molecule has 0 aliphatic rings. The number of nitrogens with zero attached hydrogens (tertiary/aromatic N) is 1. The van der Waals surface area contributed by atoms with E-state index in [-0.39, 0.29) is 0 Å². The van der Waals surface area contributed by atoms with Crippen molar-refractivity contribution in [3.8, 4) is 11.6 Å². The first-order valence-corrected chi connectivity index (χ1v) is 7.52. The fourth-order valence-electron chi connectivity index (χ4n) is 2.11. The molecule has 1 heterocycles. The van der Waals surface area contributed by atoms with Gasteiger partial charge in [0, 0.05) is 18.3 Å². The second-order valence-electron chi connectivity index (χ2n) is 5.42. The lowest BCUT2D eigenvalue weighted by Crippen LogP contribution is -2.15. The highest BCUT2D eigenvalue weighted by molar-refractivity contribution is 5.36. The van der Waals surface area contributed by atoms with Gasteiger partial charge in [-0.1, -0.05) is 19.1 Å². The number of pyridine rings is 1. The Balaban J connectivity index is 2.07. The molecule has 1 aromatic heterocycles. The highest BCUT2D eigenvalue weighted by atomic mass is 16.5. The molecule has 2 aromatic rings. The number of ether oxygens (including phenoxy) is 1. The molecule has 3 nitrogen and oxygen atoms in total. The minimum atomic E-state index is 0.648. The zero-order chi connectivity index (χ0) is 15.2. The van der Waals surface area contributed by atoms with Crippen molar-refractivity contribution >= 4 is 0 Å². The largest absolute Gasteiger partial charge is 0.439 e. The lowest BCUT2D eigenvalue weighted by Gasteiger charge is -2.10. The monoisotopic (exact) mass is 284 g/mol. The summed E-state index contributed by atoms with van der Waals surface area (Å²) in [5.74, 6) is 1.48. The Labute approximate surface area is 127 Å². The zero-order valence-electron chi connectivity index (χ0n) is 13.4. The van der Waals surface area contributed by atoms with Crippen LogP contribution in [0.3, 0.4) is 0 Å². The lowest BCUT2D eigenvalue weighted by molar-refractivity contribution is 0.460. The summed E-state index contributed by atoms with van der Waals surface area (Å²) in [5.41, 5.74) is 4.73. The molecule has 0 amide bonds. The van der Waals surface area contributed by atoms with Gasteiger partial charge in [-0.25, -0.2) is 4.98 Å². The summed E-state index contributed by atoms with van der Waals surface area (Å²) in [6.45, 7) is 10.3. The van der Waals surface area contributed by atoms with E-state index in [2.05, 4.69) is 43.2 Å². The Bertz CT molecular complexity index is 608. The third kappa shape index (κ3) is 4.30. The molecule has 2 rings (SSSR count). The van der Waals surface area contributed by atoms with Gasteiger partial charge in [0.25, 0.3) is 0 Å². The predicted octanol–water partition coefficient (Wildman–Crippen LogP) is 4.30. The van der Waals surface area contributed by atoms with Crippen molar-refractivity contribution in [1.29, 1.82) is 0 Å². The molecule has 0 radical (unpaired) electrons. The van der Waals surface area contributed by atoms with Gasteiger partial charge in [0.2, 0.25) is 5.88 Å². The first-order valence-electron chi connectivity index (χ1n) is 7.52. The quantitative estimate of drug-likeness (QED) is 0.803. The molecular weight excluding hydrogens is 260 g/mol. The molecule has 0 unspecified atom stereocenters. The van der Waals surface area contributed by atoms with E-state index < -0.39 is 0 Å². The molecule has 0 atom stereocenters. The van der Waals surface area contributed by atoms with Crippen molar-refractivity contribution in [2.75, 3.05) is 6.54 Å². The number of rotatable bonds is 6. The predicted molar refractivity (Wildman–Crippen MR) is 87.0 cm³/mol. The van der Waals surface area contributed by atoms with E-state index in [0.717, 1.165) is 31.0 Å². The fraction of sp³-hybridized carbons (Fsp3) is 0.389. The van der Waals surface area contributed by atoms with Crippen LogP contribution in [0.1, 0.15) is 35.7 Å². The number of hydrogen-bond donors (Lipinski definition) is 1. The van der Waals surface area contributed by atoms with Gasteiger partial charge in [0.05, 0.1) is 0 Å². The third-order valence-corrected chi connectivity index (χ3v) is 3.61. The molecule has 0 saturated carbocycles. The molecule has 1 N–H and O–H groups in total. The summed E-state index contributed by atoms with van der Waals surface area (Å²) in [5, 5.41) is 3.39. The van der Waals surface area contributed by atoms with Crippen LogP contribution in [0.5, 0.6) is 11.6 Å². The second kappa shape index (κ2) is 7.23. The zero-order valence-corrected chi connectivity index (χ0v) is 13.4. The van der Waals surface area contributed by atoms with Crippen LogP contribution < -0.4 is 10.1 Å². The van der Waals surface area contributed by atoms with E-state index in [1.165, 1.54) is 16.7 Å². The van der Waals surface area contributed by atoms with Crippen LogP contribution in [-0.2, 0) is 6.54 Å². The fourth-order valence-corrected chi connectivity index (χ4v) is 2.11. The molecule has 112 valence electrons. The van der Waals surface area contributed by atoms with Crippen LogP contribution >= 0.6 is 0 Å². The standard InChI is InChI=1S/C18H24N2O/c1-5-10-19-12-16-7-9-18(20-15(16)4)21-17-8-6-13(2)14(3)11-17/h6-9,11,19H,5,10,12H2,1-4H3. The van der Waals surface area contributed by atoms with Gasteiger partial charge in [-0.05, 0) is 62.6 Å². The second-order valence-corrected chi connectivity index (χ2v) is 5.42. The summed E-state index contributed by atoms with van der Waals surface area (Å²) in [4.78, 5) is 4.54. The average Bonchev–Trinajstić information content (AvgIpc) is 2.45. The Morgan fingerprint density at radius 3 is 2.52 bits per heavy atom. The SMILES string of the molecule is CCCNCc1ccc(Oc2ccc(C)c(C)c2)nc1C. The number of aromatic nitrogens is 1. The summed E-state index contributed by atoms with van der Waals surface area (Å²) in [7, 11) is 0. The van der Waals surface area contributed by atoms with Crippen molar-refractivity contribution < 1.29 is 4.74 Å². The maximum absolute atomic E-state index is 5.84. The van der Waals surface area contributed by atoms with E-state index in [1.807, 2.05) is 25.1 Å². The van der Waals surface area contributed by atoms with Gasteiger partial charge in [-0.15, -0.1) is 0 Å². The van der Waals surface area contributed by atoms with E-state index in [9.17, 15) is 0 Å². The average molecular weight is 284 g/mol. The van der Waals surface area contributed by atoms with E-state index in [1.54, 1.807) is 0 Å². The van der Waals surface area contributed by atoms with E-state index in [4.69, 9.17) is 4.74 Å². The Kier molecular flexibility index (Phi) is 5.34. The van der Waals surface area contributed by atoms with Crippen LogP contribution in [-0.4, -0.2) is 11.5 Å². The van der Waals surface area contributed by atoms with Gasteiger partial charge in [0.15, 0.2) is 0 Å². The minimum Gasteiger partial charge on any atom is -0.439 e. The lowest BCUT2D eigenvalue weighted by atomic mass is 10.1. The van der Waals surface area contributed by atoms with Crippen molar-refractivity contribution in [3.63, 3.8) is 0 Å². The van der Waals surface area contributed by atoms with Crippen molar-refractivity contribution in [1.82, 2.24) is 10.3 Å². The maximum atomic E-state index is 5.84. The molecule has 0 bridgehead atoms. The molecular formula is C18H24N2O. The Morgan fingerprint density at radius 2 is 1.86 bits per heavy atom. The summed E-state index contributed by atoms with van der Waals surface area (Å²) < 4.78 is 5.84. The molecule has 3 heteroatoms. The Morgan fingerprint density at radius 1 is 1.05 bits per heavy atom. The Hall–Kier alpha value is -1.87. The topological polar surface area (TPSA) is 34.1 Å². The van der Waals surface area contributed by atoms with Crippen LogP contribution in [0.25, 0.3) is 0 Å². The number of benzene rings is 1. The van der Waals surface area contributed by atoms with Gasteiger partial charge in [-0.3, -0.25) is 0 Å². The van der Waals surface area contributed by atoms with Crippen LogP contribution in [0.2, 0.25) is 0 Å². The first kappa shape index (κ1) is 15.5. The van der Waals surface area contributed by atoms with Gasteiger partial charge in [-0.2, -0.15) is 0 Å². The summed E-state index contributed by atoms with van der Waals surface area (Å²) >= 11 is 0.